The molecule has 9 nitrogen and oxygen atoms in total. The number of nitrogens with one attached hydrogen (secondary N) is 2. The highest BCUT2D eigenvalue weighted by atomic mass is 16.5. The SMILES string of the molecule is COc1ccc(C(=O)NCCCOc2ccc(CCNC(=O)c3ccc(OC)cc3OCC=C(C)C)cc2)c(OCC=C(C)C)c1. The molecule has 2 N–H and O–H groups in total. The van der Waals surface area contributed by atoms with Gasteiger partial charge in [0.25, 0.3) is 11.8 Å². The molecule has 0 aliphatic heterocycles. The lowest BCUT2D eigenvalue weighted by molar-refractivity contribution is 0.0940. The van der Waals surface area contributed by atoms with Crippen LogP contribution in [-0.4, -0.2) is 58.9 Å². The number of methoxy groups -OCH3 is 2. The van der Waals surface area contributed by atoms with Gasteiger partial charge < -0.3 is 34.3 Å². The van der Waals surface area contributed by atoms with E-state index >= 15 is 0 Å². The molecule has 0 bridgehead atoms. The zero-order valence-electron chi connectivity index (χ0n) is 27.7. The lowest BCUT2D eigenvalue weighted by atomic mass is 10.1. The Balaban J connectivity index is 1.41. The molecule has 0 fully saturated rings. The smallest absolute Gasteiger partial charge is 0.255 e. The molecule has 2 amide bonds. The van der Waals surface area contributed by atoms with Gasteiger partial charge in [0.1, 0.15) is 42.0 Å². The Labute approximate surface area is 272 Å². The summed E-state index contributed by atoms with van der Waals surface area (Å²) in [7, 11) is 3.15. The molecule has 246 valence electrons. The molecule has 3 aromatic rings. The summed E-state index contributed by atoms with van der Waals surface area (Å²) < 4.78 is 28.1. The maximum atomic E-state index is 12.9. The maximum Gasteiger partial charge on any atom is 0.255 e. The van der Waals surface area contributed by atoms with Crippen LogP contribution in [0.4, 0.5) is 0 Å². The zero-order valence-corrected chi connectivity index (χ0v) is 27.7. The summed E-state index contributed by atoms with van der Waals surface area (Å²) in [4.78, 5) is 25.7. The molecular formula is C37H46N2O7. The fourth-order valence-electron chi connectivity index (χ4n) is 4.20. The molecule has 0 saturated heterocycles. The summed E-state index contributed by atoms with van der Waals surface area (Å²) in [5, 5.41) is 5.91. The highest BCUT2D eigenvalue weighted by Crippen LogP contribution is 2.26. The van der Waals surface area contributed by atoms with Crippen molar-refractivity contribution in [1.82, 2.24) is 10.6 Å². The number of ether oxygens (including phenoxy) is 5. The largest absolute Gasteiger partial charge is 0.497 e. The van der Waals surface area contributed by atoms with E-state index in [-0.39, 0.29) is 11.8 Å². The molecule has 3 rings (SSSR count). The second-order valence-electron chi connectivity index (χ2n) is 11.0. The number of benzene rings is 3. The first-order valence-electron chi connectivity index (χ1n) is 15.4. The van der Waals surface area contributed by atoms with Crippen molar-refractivity contribution in [3.63, 3.8) is 0 Å². The molecule has 3 aromatic carbocycles. The van der Waals surface area contributed by atoms with E-state index in [9.17, 15) is 9.59 Å². The molecule has 0 unspecified atom stereocenters. The van der Waals surface area contributed by atoms with Crippen molar-refractivity contribution in [3.8, 4) is 28.7 Å². The fourth-order valence-corrected chi connectivity index (χ4v) is 4.20. The monoisotopic (exact) mass is 630 g/mol. The van der Waals surface area contributed by atoms with Gasteiger partial charge in [0.2, 0.25) is 0 Å². The van der Waals surface area contributed by atoms with Gasteiger partial charge in [0.05, 0.1) is 32.0 Å². The van der Waals surface area contributed by atoms with E-state index in [0.717, 1.165) is 22.5 Å². The van der Waals surface area contributed by atoms with Gasteiger partial charge in [-0.2, -0.15) is 0 Å². The lowest BCUT2D eigenvalue weighted by Gasteiger charge is -2.13. The van der Waals surface area contributed by atoms with E-state index in [4.69, 9.17) is 23.7 Å². The minimum atomic E-state index is -0.217. The minimum absolute atomic E-state index is 0.207. The molecule has 0 aliphatic rings. The van der Waals surface area contributed by atoms with Gasteiger partial charge in [-0.05, 0) is 94.7 Å². The first kappa shape index (κ1) is 35.6. The van der Waals surface area contributed by atoms with Gasteiger partial charge in [-0.3, -0.25) is 9.59 Å². The van der Waals surface area contributed by atoms with Gasteiger partial charge in [-0.15, -0.1) is 0 Å². The van der Waals surface area contributed by atoms with Gasteiger partial charge in [-0.1, -0.05) is 23.3 Å². The highest BCUT2D eigenvalue weighted by Gasteiger charge is 2.15. The Morgan fingerprint density at radius 1 is 0.630 bits per heavy atom. The summed E-state index contributed by atoms with van der Waals surface area (Å²) >= 11 is 0. The van der Waals surface area contributed by atoms with Gasteiger partial charge in [-0.25, -0.2) is 0 Å². The number of carbonyl (C=O) groups is 2. The molecule has 0 aromatic heterocycles. The standard InChI is InChI=1S/C37H46N2O7/c1-26(2)17-22-45-34-24-30(42-5)12-14-32(34)36(40)38-19-7-21-44-29-10-8-28(9-11-29)16-20-39-37(41)33-15-13-31(43-6)25-35(33)46-23-18-27(3)4/h8-15,17-18,24-25H,7,16,19-23H2,1-6H3,(H,38,40)(H,39,41). The van der Waals surface area contributed by atoms with Crippen molar-refractivity contribution >= 4 is 11.8 Å². The molecule has 9 heteroatoms. The number of amides is 2. The lowest BCUT2D eigenvalue weighted by Crippen LogP contribution is -2.26. The zero-order chi connectivity index (χ0) is 33.3. The van der Waals surface area contributed by atoms with Crippen LogP contribution in [0.15, 0.2) is 84.0 Å². The average Bonchev–Trinajstić information content (AvgIpc) is 3.04. The summed E-state index contributed by atoms with van der Waals surface area (Å²) in [5.74, 6) is 2.51. The molecule has 46 heavy (non-hydrogen) atoms. The fraction of sp³-hybridized carbons (Fsp3) is 0.351. The predicted octanol–water partition coefficient (Wildman–Crippen LogP) is 6.57. The second kappa shape index (κ2) is 18.8. The molecule has 0 saturated carbocycles. The molecule has 0 spiro atoms. The molecule has 0 atom stereocenters. The average molecular weight is 631 g/mol. The van der Waals surface area contributed by atoms with Gasteiger partial charge in [0.15, 0.2) is 0 Å². The number of carbonyl (C=O) groups excluding carboxylic acids is 2. The Bertz CT molecular complexity index is 1490. The quantitative estimate of drug-likeness (QED) is 0.121. The third-order valence-corrected chi connectivity index (χ3v) is 6.83. The third-order valence-electron chi connectivity index (χ3n) is 6.83. The number of hydrogen-bond acceptors (Lipinski definition) is 7. The Hall–Kier alpha value is -4.92. The minimum Gasteiger partial charge on any atom is -0.497 e. The van der Waals surface area contributed by atoms with Gasteiger partial charge in [0, 0.05) is 25.2 Å². The third kappa shape index (κ3) is 11.9. The van der Waals surface area contributed by atoms with E-state index in [1.54, 1.807) is 50.6 Å². The Kier molecular flexibility index (Phi) is 14.5. The number of hydrogen-bond donors (Lipinski definition) is 2. The van der Waals surface area contributed by atoms with Crippen molar-refractivity contribution < 1.29 is 33.3 Å². The summed E-state index contributed by atoms with van der Waals surface area (Å²) in [5.41, 5.74) is 4.24. The summed E-state index contributed by atoms with van der Waals surface area (Å²) in [6, 6.07) is 18.1. The maximum absolute atomic E-state index is 12.9. The Morgan fingerprint density at radius 2 is 1.11 bits per heavy atom. The van der Waals surface area contributed by atoms with Crippen LogP contribution in [0.5, 0.6) is 28.7 Å². The van der Waals surface area contributed by atoms with E-state index < -0.39 is 0 Å². The van der Waals surface area contributed by atoms with Crippen molar-refractivity contribution in [1.29, 1.82) is 0 Å². The molecule has 0 heterocycles. The number of rotatable bonds is 18. The normalized spacial score (nSPS) is 10.3. The summed E-state index contributed by atoms with van der Waals surface area (Å²) in [6.45, 7) is 10.1. The molecular weight excluding hydrogens is 584 g/mol. The van der Waals surface area contributed by atoms with Crippen molar-refractivity contribution in [2.24, 2.45) is 0 Å². The number of allylic oxidation sites excluding steroid dienone is 2. The molecule has 0 radical (unpaired) electrons. The van der Waals surface area contributed by atoms with Crippen molar-refractivity contribution in [2.45, 2.75) is 40.5 Å². The van der Waals surface area contributed by atoms with Crippen LogP contribution in [0.2, 0.25) is 0 Å². The van der Waals surface area contributed by atoms with Crippen LogP contribution in [0.1, 0.15) is 60.4 Å². The van der Waals surface area contributed by atoms with Crippen LogP contribution in [0.25, 0.3) is 0 Å². The summed E-state index contributed by atoms with van der Waals surface area (Å²) in [6.07, 6.45) is 5.20. The van der Waals surface area contributed by atoms with Crippen LogP contribution in [0.3, 0.4) is 0 Å². The van der Waals surface area contributed by atoms with Crippen molar-refractivity contribution in [3.05, 3.63) is 101 Å². The molecule has 0 aliphatic carbocycles. The van der Waals surface area contributed by atoms with Crippen LogP contribution in [-0.2, 0) is 6.42 Å². The first-order valence-corrected chi connectivity index (χ1v) is 15.4. The van der Waals surface area contributed by atoms with Crippen molar-refractivity contribution in [2.75, 3.05) is 47.1 Å². The van der Waals surface area contributed by atoms with E-state index in [2.05, 4.69) is 10.6 Å². The van der Waals surface area contributed by atoms with Crippen LogP contribution < -0.4 is 34.3 Å². The van der Waals surface area contributed by atoms with Crippen LogP contribution in [0, 0.1) is 0 Å². The van der Waals surface area contributed by atoms with E-state index in [1.807, 2.05) is 64.1 Å². The predicted molar refractivity (Wildman–Crippen MR) is 181 cm³/mol. The van der Waals surface area contributed by atoms with E-state index in [0.29, 0.717) is 79.9 Å². The second-order valence-corrected chi connectivity index (χ2v) is 11.0. The van der Waals surface area contributed by atoms with Crippen LogP contribution >= 0.6 is 0 Å². The topological polar surface area (TPSA) is 104 Å². The first-order chi connectivity index (χ1) is 22.2. The highest BCUT2D eigenvalue weighted by molar-refractivity contribution is 5.97. The Morgan fingerprint density at radius 3 is 1.59 bits per heavy atom. The van der Waals surface area contributed by atoms with E-state index in [1.165, 1.54) is 0 Å². The van der Waals surface area contributed by atoms with Gasteiger partial charge >= 0.3 is 0 Å².